The molecule has 0 bridgehead atoms. The maximum absolute atomic E-state index is 12.6. The van der Waals surface area contributed by atoms with Crippen molar-refractivity contribution >= 4 is 17.2 Å². The summed E-state index contributed by atoms with van der Waals surface area (Å²) in [7, 11) is 0. The highest BCUT2D eigenvalue weighted by molar-refractivity contribution is 7.13. The fourth-order valence-electron chi connectivity index (χ4n) is 3.84. The van der Waals surface area contributed by atoms with Crippen molar-refractivity contribution in [2.45, 2.75) is 39.5 Å². The zero-order chi connectivity index (χ0) is 20.4. The average molecular weight is 409 g/mol. The number of nitrogens with one attached hydrogen (secondary N) is 2. The number of thiazole rings is 1. The molecule has 2 heterocycles. The number of rotatable bonds is 4. The van der Waals surface area contributed by atoms with E-state index < -0.39 is 0 Å². The maximum atomic E-state index is 12.6. The topological polar surface area (TPSA) is 87.7 Å². The number of hydrogen-bond acceptors (Lipinski definition) is 5. The van der Waals surface area contributed by atoms with E-state index in [9.17, 15) is 9.59 Å². The summed E-state index contributed by atoms with van der Waals surface area (Å²) in [6.07, 6.45) is 3.20. The third-order valence-electron chi connectivity index (χ3n) is 5.40. The van der Waals surface area contributed by atoms with Gasteiger partial charge in [-0.05, 0) is 45.4 Å². The van der Waals surface area contributed by atoms with Gasteiger partial charge in [-0.1, -0.05) is 30.3 Å². The summed E-state index contributed by atoms with van der Waals surface area (Å²) in [5, 5.41) is 3.95. The van der Waals surface area contributed by atoms with Crippen molar-refractivity contribution in [3.63, 3.8) is 0 Å². The van der Waals surface area contributed by atoms with Gasteiger partial charge in [-0.3, -0.25) is 9.59 Å². The summed E-state index contributed by atoms with van der Waals surface area (Å²) in [4.78, 5) is 37.8. The summed E-state index contributed by atoms with van der Waals surface area (Å²) >= 11 is 1.43. The Morgan fingerprint density at radius 1 is 1.17 bits per heavy atom. The highest BCUT2D eigenvalue weighted by atomic mass is 32.1. The van der Waals surface area contributed by atoms with Crippen LogP contribution in [0.4, 0.5) is 0 Å². The molecule has 0 saturated carbocycles. The monoisotopic (exact) mass is 408 g/mol. The van der Waals surface area contributed by atoms with Gasteiger partial charge in [0.1, 0.15) is 10.7 Å². The number of carbonyl (C=O) groups excluding carboxylic acids is 1. The van der Waals surface area contributed by atoms with Crippen LogP contribution in [0.1, 0.15) is 44.5 Å². The molecule has 1 aromatic carbocycles. The number of fused-ring (bicyclic) bond motifs is 1. The molecule has 0 radical (unpaired) electrons. The third-order valence-corrected chi connectivity index (χ3v) is 6.47. The van der Waals surface area contributed by atoms with Crippen molar-refractivity contribution in [2.75, 3.05) is 6.54 Å². The zero-order valence-corrected chi connectivity index (χ0v) is 17.4. The molecule has 1 aliphatic carbocycles. The molecule has 6 nitrogen and oxygen atoms in total. The van der Waals surface area contributed by atoms with Crippen LogP contribution in [0.25, 0.3) is 11.4 Å². The molecular weight excluding hydrogens is 384 g/mol. The first-order chi connectivity index (χ1) is 14.0. The van der Waals surface area contributed by atoms with Gasteiger partial charge in [-0.25, -0.2) is 9.97 Å². The summed E-state index contributed by atoms with van der Waals surface area (Å²) in [6, 6.07) is 9.71. The minimum atomic E-state index is -0.0582. The smallest absolute Gasteiger partial charge is 0.263 e. The number of hydrogen-bond donors (Lipinski definition) is 2. The van der Waals surface area contributed by atoms with Crippen LogP contribution in [0.3, 0.4) is 0 Å². The number of benzene rings is 1. The Morgan fingerprint density at radius 2 is 1.93 bits per heavy atom. The number of carbonyl (C=O) groups is 1. The zero-order valence-electron chi connectivity index (χ0n) is 16.6. The number of nitrogens with zero attached hydrogens (tertiary/aromatic N) is 2. The van der Waals surface area contributed by atoms with Gasteiger partial charge in [0.15, 0.2) is 0 Å². The van der Waals surface area contributed by atoms with E-state index in [4.69, 9.17) is 4.98 Å². The molecular formula is C22H24N4O2S. The quantitative estimate of drug-likeness (QED) is 0.648. The Morgan fingerprint density at radius 3 is 2.66 bits per heavy atom. The fraction of sp³-hybridized carbons (Fsp3) is 0.364. The summed E-state index contributed by atoms with van der Waals surface area (Å²) in [5.41, 5.74) is 3.32. The van der Waals surface area contributed by atoms with Gasteiger partial charge in [-0.15, -0.1) is 11.3 Å². The molecule has 4 rings (SSSR count). The lowest BCUT2D eigenvalue weighted by molar-refractivity contribution is 0.0949. The van der Waals surface area contributed by atoms with Crippen LogP contribution in [0.2, 0.25) is 0 Å². The van der Waals surface area contributed by atoms with Crippen LogP contribution < -0.4 is 10.9 Å². The molecule has 0 fully saturated rings. The molecule has 0 aliphatic heterocycles. The van der Waals surface area contributed by atoms with Crippen LogP contribution >= 0.6 is 11.3 Å². The standard InChI is InChI=1S/C22H24N4O2S/c1-13-19(29-14(2)24-13)22(28)23-12-15-8-10-17-18(11-9-15)25-20(26-21(17)27)16-6-4-3-5-7-16/h3-7,15H,8-12H2,1-2H3,(H,23,28)(H,25,26,27). The Balaban J connectivity index is 1.44. The Bertz CT molecular complexity index is 1090. The molecule has 1 atom stereocenters. The van der Waals surface area contributed by atoms with E-state index in [0.29, 0.717) is 29.6 Å². The summed E-state index contributed by atoms with van der Waals surface area (Å²) in [6.45, 7) is 4.38. The first-order valence-corrected chi connectivity index (χ1v) is 10.7. The number of aromatic amines is 1. The molecule has 29 heavy (non-hydrogen) atoms. The van der Waals surface area contributed by atoms with Crippen molar-refractivity contribution in [1.82, 2.24) is 20.3 Å². The third kappa shape index (κ3) is 4.29. The van der Waals surface area contributed by atoms with Gasteiger partial charge in [0.2, 0.25) is 0 Å². The van der Waals surface area contributed by atoms with E-state index >= 15 is 0 Å². The molecule has 1 aliphatic rings. The predicted octanol–water partition coefficient (Wildman–Crippen LogP) is 3.44. The Hall–Kier alpha value is -2.80. The van der Waals surface area contributed by atoms with Crippen molar-refractivity contribution in [2.24, 2.45) is 5.92 Å². The number of H-pyrrole nitrogens is 1. The first kappa shape index (κ1) is 19.5. The molecule has 2 aromatic heterocycles. The second kappa shape index (κ2) is 8.29. The van der Waals surface area contributed by atoms with Crippen LogP contribution in [-0.4, -0.2) is 27.4 Å². The Kier molecular flexibility index (Phi) is 5.58. The van der Waals surface area contributed by atoms with E-state index in [1.165, 1.54) is 11.3 Å². The SMILES string of the molecule is Cc1nc(C)c(C(=O)NCC2CCc3nc(-c4ccccc4)[nH]c(=O)c3CC2)s1. The van der Waals surface area contributed by atoms with Gasteiger partial charge in [0, 0.05) is 17.7 Å². The molecule has 0 saturated heterocycles. The highest BCUT2D eigenvalue weighted by Crippen LogP contribution is 2.23. The molecule has 3 aromatic rings. The van der Waals surface area contributed by atoms with Crippen molar-refractivity contribution in [3.8, 4) is 11.4 Å². The predicted molar refractivity (Wildman–Crippen MR) is 114 cm³/mol. The van der Waals surface area contributed by atoms with Gasteiger partial charge in [-0.2, -0.15) is 0 Å². The Labute approximate surface area is 173 Å². The number of aromatic nitrogens is 3. The summed E-state index contributed by atoms with van der Waals surface area (Å²) in [5.74, 6) is 0.886. The van der Waals surface area contributed by atoms with E-state index in [1.807, 2.05) is 44.2 Å². The van der Waals surface area contributed by atoms with E-state index in [2.05, 4.69) is 15.3 Å². The largest absolute Gasteiger partial charge is 0.351 e. The molecule has 0 spiro atoms. The number of amides is 1. The van der Waals surface area contributed by atoms with Crippen LogP contribution in [-0.2, 0) is 12.8 Å². The van der Waals surface area contributed by atoms with Crippen LogP contribution in [0, 0.1) is 19.8 Å². The van der Waals surface area contributed by atoms with Gasteiger partial charge < -0.3 is 10.3 Å². The lowest BCUT2D eigenvalue weighted by Gasteiger charge is -2.14. The van der Waals surface area contributed by atoms with E-state index in [-0.39, 0.29) is 11.5 Å². The van der Waals surface area contributed by atoms with Gasteiger partial charge >= 0.3 is 0 Å². The minimum absolute atomic E-state index is 0.0469. The molecule has 7 heteroatoms. The normalized spacial score (nSPS) is 16.1. The average Bonchev–Trinajstić information content (AvgIpc) is 2.93. The van der Waals surface area contributed by atoms with Gasteiger partial charge in [0.05, 0.1) is 16.4 Å². The van der Waals surface area contributed by atoms with Crippen molar-refractivity contribution in [1.29, 1.82) is 0 Å². The van der Waals surface area contributed by atoms with Crippen molar-refractivity contribution in [3.05, 3.63) is 67.5 Å². The van der Waals surface area contributed by atoms with E-state index in [0.717, 1.165) is 46.8 Å². The van der Waals surface area contributed by atoms with Gasteiger partial charge in [0.25, 0.3) is 11.5 Å². The maximum Gasteiger partial charge on any atom is 0.263 e. The second-order valence-electron chi connectivity index (χ2n) is 7.51. The van der Waals surface area contributed by atoms with Crippen LogP contribution in [0.5, 0.6) is 0 Å². The lowest BCUT2D eigenvalue weighted by atomic mass is 10.00. The lowest BCUT2D eigenvalue weighted by Crippen LogP contribution is -2.29. The molecule has 150 valence electrons. The van der Waals surface area contributed by atoms with E-state index in [1.54, 1.807) is 0 Å². The fourth-order valence-corrected chi connectivity index (χ4v) is 4.68. The first-order valence-electron chi connectivity index (χ1n) is 9.91. The molecule has 1 unspecified atom stereocenters. The molecule has 1 amide bonds. The number of aryl methyl sites for hydroxylation is 3. The van der Waals surface area contributed by atoms with Crippen molar-refractivity contribution < 1.29 is 4.79 Å². The molecule has 2 N–H and O–H groups in total. The summed E-state index contributed by atoms with van der Waals surface area (Å²) < 4.78 is 0. The van der Waals surface area contributed by atoms with Crippen LogP contribution in [0.15, 0.2) is 35.1 Å². The second-order valence-corrected chi connectivity index (χ2v) is 8.71. The minimum Gasteiger partial charge on any atom is -0.351 e. The highest BCUT2D eigenvalue weighted by Gasteiger charge is 2.22.